The Balaban J connectivity index is 1.91. The summed E-state index contributed by atoms with van der Waals surface area (Å²) in [5, 5.41) is 0.0684. The van der Waals surface area contributed by atoms with Gasteiger partial charge in [0.25, 0.3) is 5.91 Å². The van der Waals surface area contributed by atoms with Gasteiger partial charge in [-0.25, -0.2) is 31.3 Å². The predicted octanol–water partition coefficient (Wildman–Crippen LogP) is 5.11. The maximum absolute atomic E-state index is 14.8. The number of nitrogens with one attached hydrogen (secondary N) is 1. The van der Waals surface area contributed by atoms with E-state index in [2.05, 4.69) is 4.98 Å². The lowest BCUT2D eigenvalue weighted by Crippen LogP contribution is -2.30. The first-order valence-electron chi connectivity index (χ1n) is 9.08. The molecule has 0 aliphatic rings. The molecule has 0 saturated carbocycles. The van der Waals surface area contributed by atoms with Crippen LogP contribution in [0.5, 0.6) is 0 Å². The van der Waals surface area contributed by atoms with Gasteiger partial charge >= 0.3 is 0 Å². The van der Waals surface area contributed by atoms with Crippen molar-refractivity contribution >= 4 is 50.2 Å². The fraction of sp³-hybridized carbons (Fsp3) is 0.0476. The molecule has 4 aromatic rings. The number of benzene rings is 2. The van der Waals surface area contributed by atoms with Gasteiger partial charge in [0.05, 0.1) is 33.7 Å². The normalized spacial score (nSPS) is 11.7. The molecule has 1 amide bonds. The Hall–Kier alpha value is -3.08. The van der Waals surface area contributed by atoms with Crippen LogP contribution in [0.15, 0.2) is 48.8 Å². The maximum Gasteiger partial charge on any atom is 0.267 e. The average Bonchev–Trinajstić information content (AvgIpc) is 3.08. The van der Waals surface area contributed by atoms with Crippen LogP contribution in [-0.4, -0.2) is 30.1 Å². The molecule has 2 heterocycles. The predicted molar refractivity (Wildman–Crippen MR) is 119 cm³/mol. The zero-order valence-corrected chi connectivity index (χ0v) is 18.9. The number of sulfonamides is 1. The van der Waals surface area contributed by atoms with Crippen LogP contribution in [0.4, 0.5) is 13.2 Å². The summed E-state index contributed by atoms with van der Waals surface area (Å²) in [6, 6.07) is 7.08. The van der Waals surface area contributed by atoms with Crippen molar-refractivity contribution in [1.82, 2.24) is 14.3 Å². The van der Waals surface area contributed by atoms with Gasteiger partial charge in [0, 0.05) is 23.2 Å². The fourth-order valence-electron chi connectivity index (χ4n) is 3.28. The largest absolute Gasteiger partial charge is 0.299 e. The first-order valence-corrected chi connectivity index (χ1v) is 11.7. The van der Waals surface area contributed by atoms with Crippen LogP contribution in [0.25, 0.3) is 27.8 Å². The molecule has 33 heavy (non-hydrogen) atoms. The molecule has 0 saturated heterocycles. The molecule has 2 aromatic carbocycles. The summed E-state index contributed by atoms with van der Waals surface area (Å²) in [4.78, 5) is 16.1. The van der Waals surface area contributed by atoms with Gasteiger partial charge in [-0.15, -0.1) is 0 Å². The maximum atomic E-state index is 14.8. The molecule has 0 radical (unpaired) electrons. The molecule has 0 aliphatic carbocycles. The second-order valence-corrected chi connectivity index (χ2v) is 9.62. The van der Waals surface area contributed by atoms with E-state index in [4.69, 9.17) is 23.2 Å². The first kappa shape index (κ1) is 23.1. The van der Waals surface area contributed by atoms with E-state index in [0.29, 0.717) is 11.1 Å². The number of aromatic nitrogens is 2. The second-order valence-electron chi connectivity index (χ2n) is 7.05. The fourth-order valence-corrected chi connectivity index (χ4v) is 4.10. The molecule has 0 fully saturated rings. The molecule has 0 atom stereocenters. The van der Waals surface area contributed by atoms with Gasteiger partial charge in [-0.05, 0) is 29.8 Å². The minimum Gasteiger partial charge on any atom is -0.299 e. The Morgan fingerprint density at radius 3 is 2.42 bits per heavy atom. The standard InChI is InChI=1S/C21H12Cl2F3N3O3S/c1-33(31,32)28-21(30)13-6-16(23)19(7-17(13)25)29-9-14(10-2-3-15(22)18(26)4-10)12-5-11(24)8-27-20(12)29/h2-9H,1H3,(H,28,30). The highest BCUT2D eigenvalue weighted by molar-refractivity contribution is 7.89. The number of carbonyl (C=O) groups excluding carboxylic acids is 1. The molecule has 1 N–H and O–H groups in total. The summed E-state index contributed by atoms with van der Waals surface area (Å²) in [6.07, 6.45) is 3.15. The van der Waals surface area contributed by atoms with E-state index in [0.717, 1.165) is 30.7 Å². The van der Waals surface area contributed by atoms with E-state index in [-0.39, 0.29) is 26.8 Å². The molecule has 4 rings (SSSR count). The molecular formula is C21H12Cl2F3N3O3S. The van der Waals surface area contributed by atoms with Gasteiger partial charge in [0.2, 0.25) is 10.0 Å². The molecule has 12 heteroatoms. The minimum absolute atomic E-state index is 0.0369. The van der Waals surface area contributed by atoms with Crippen LogP contribution in [0.3, 0.4) is 0 Å². The van der Waals surface area contributed by atoms with E-state index in [1.807, 2.05) is 0 Å². The van der Waals surface area contributed by atoms with Crippen LogP contribution in [-0.2, 0) is 10.0 Å². The third-order valence-electron chi connectivity index (χ3n) is 4.66. The Morgan fingerprint density at radius 2 is 1.76 bits per heavy atom. The number of fused-ring (bicyclic) bond motifs is 1. The van der Waals surface area contributed by atoms with Gasteiger partial charge in [-0.3, -0.25) is 9.36 Å². The van der Waals surface area contributed by atoms with Gasteiger partial charge in [0.15, 0.2) is 0 Å². The summed E-state index contributed by atoms with van der Waals surface area (Å²) in [6.45, 7) is 0. The minimum atomic E-state index is -3.93. The third-order valence-corrected chi connectivity index (χ3v) is 5.82. The van der Waals surface area contributed by atoms with E-state index in [1.165, 1.54) is 29.0 Å². The summed E-state index contributed by atoms with van der Waals surface area (Å²) >= 11 is 12.0. The lowest BCUT2D eigenvalue weighted by Gasteiger charge is -2.11. The van der Waals surface area contributed by atoms with E-state index < -0.39 is 38.9 Å². The number of hydrogen-bond acceptors (Lipinski definition) is 4. The zero-order chi connectivity index (χ0) is 24.1. The van der Waals surface area contributed by atoms with E-state index in [9.17, 15) is 26.4 Å². The zero-order valence-electron chi connectivity index (χ0n) is 16.5. The Labute approximate surface area is 195 Å². The van der Waals surface area contributed by atoms with Gasteiger partial charge in [-0.2, -0.15) is 0 Å². The molecule has 0 spiro atoms. The Morgan fingerprint density at radius 1 is 1.03 bits per heavy atom. The lowest BCUT2D eigenvalue weighted by molar-refractivity contribution is 0.0978. The van der Waals surface area contributed by atoms with Crippen molar-refractivity contribution in [3.05, 3.63) is 81.9 Å². The quantitative estimate of drug-likeness (QED) is 0.411. The molecule has 0 aliphatic heterocycles. The number of carbonyl (C=O) groups is 1. The summed E-state index contributed by atoms with van der Waals surface area (Å²) in [7, 11) is -3.93. The second kappa shape index (κ2) is 8.36. The lowest BCUT2D eigenvalue weighted by atomic mass is 10.1. The van der Waals surface area contributed by atoms with Crippen molar-refractivity contribution in [2.75, 3.05) is 6.26 Å². The molecule has 0 unspecified atom stereocenters. The highest BCUT2D eigenvalue weighted by Crippen LogP contribution is 2.35. The number of hydrogen-bond donors (Lipinski definition) is 1. The van der Waals surface area contributed by atoms with Crippen molar-refractivity contribution in [2.24, 2.45) is 0 Å². The van der Waals surface area contributed by atoms with E-state index >= 15 is 0 Å². The highest BCUT2D eigenvalue weighted by atomic mass is 35.5. The summed E-state index contributed by atoms with van der Waals surface area (Å²) in [5.41, 5.74) is 0.340. The van der Waals surface area contributed by atoms with Crippen LogP contribution in [0.2, 0.25) is 10.0 Å². The van der Waals surface area contributed by atoms with Crippen LogP contribution in [0, 0.1) is 17.5 Å². The van der Waals surface area contributed by atoms with Crippen molar-refractivity contribution < 1.29 is 26.4 Å². The van der Waals surface area contributed by atoms with Crippen LogP contribution in [0.1, 0.15) is 10.4 Å². The van der Waals surface area contributed by atoms with Gasteiger partial charge in [-0.1, -0.05) is 29.3 Å². The summed E-state index contributed by atoms with van der Waals surface area (Å²) in [5.74, 6) is -3.59. The SMILES string of the molecule is CS(=O)(=O)NC(=O)c1cc(Cl)c(-n2cc(-c3ccc(Cl)c(F)c3)c3cc(F)cnc32)cc1F. The van der Waals surface area contributed by atoms with E-state index in [1.54, 1.807) is 4.72 Å². The van der Waals surface area contributed by atoms with Crippen molar-refractivity contribution in [1.29, 1.82) is 0 Å². The number of nitrogens with zero attached hydrogens (tertiary/aromatic N) is 2. The summed E-state index contributed by atoms with van der Waals surface area (Å²) < 4.78 is 68.4. The average molecular weight is 514 g/mol. The molecule has 2 aromatic heterocycles. The smallest absolute Gasteiger partial charge is 0.267 e. The number of amides is 1. The number of rotatable bonds is 4. The van der Waals surface area contributed by atoms with Crippen molar-refractivity contribution in [2.45, 2.75) is 0 Å². The number of pyridine rings is 1. The van der Waals surface area contributed by atoms with Gasteiger partial charge in [0.1, 0.15) is 23.1 Å². The van der Waals surface area contributed by atoms with Crippen LogP contribution < -0.4 is 4.72 Å². The molecule has 0 bridgehead atoms. The third kappa shape index (κ3) is 4.54. The highest BCUT2D eigenvalue weighted by Gasteiger charge is 2.21. The number of halogens is 5. The first-order chi connectivity index (χ1) is 15.4. The van der Waals surface area contributed by atoms with Crippen molar-refractivity contribution in [3.63, 3.8) is 0 Å². The molecule has 6 nitrogen and oxygen atoms in total. The monoisotopic (exact) mass is 513 g/mol. The van der Waals surface area contributed by atoms with Crippen LogP contribution >= 0.6 is 23.2 Å². The Kier molecular flexibility index (Phi) is 5.85. The molecular weight excluding hydrogens is 502 g/mol. The molecule has 170 valence electrons. The Bertz CT molecular complexity index is 1560. The van der Waals surface area contributed by atoms with Crippen molar-refractivity contribution in [3.8, 4) is 16.8 Å². The van der Waals surface area contributed by atoms with Gasteiger partial charge < -0.3 is 0 Å². The topological polar surface area (TPSA) is 81.1 Å².